The van der Waals surface area contributed by atoms with Gasteiger partial charge in [0.2, 0.25) is 0 Å². The summed E-state index contributed by atoms with van der Waals surface area (Å²) >= 11 is 0. The van der Waals surface area contributed by atoms with Crippen molar-refractivity contribution in [3.05, 3.63) is 0 Å². The van der Waals surface area contributed by atoms with Crippen molar-refractivity contribution in [1.29, 1.82) is 0 Å². The van der Waals surface area contributed by atoms with Crippen LogP contribution in [0.3, 0.4) is 0 Å². The number of rotatable bonds is 8. The predicted molar refractivity (Wildman–Crippen MR) is 97.0 cm³/mol. The van der Waals surface area contributed by atoms with Gasteiger partial charge in [-0.15, -0.1) is 0 Å². The Hall–Kier alpha value is -1.02. The van der Waals surface area contributed by atoms with Gasteiger partial charge in [0.05, 0.1) is 6.54 Å². The number of likely N-dealkylation sites (tertiary alicyclic amines) is 1. The maximum Gasteiger partial charge on any atom is 0.401 e. The van der Waals surface area contributed by atoms with Crippen LogP contribution in [0.1, 0.15) is 40.0 Å². The summed E-state index contributed by atoms with van der Waals surface area (Å²) in [7, 11) is 1.49. The van der Waals surface area contributed by atoms with Crippen molar-refractivity contribution in [2.24, 2.45) is 4.99 Å². The molecule has 0 aromatic heterocycles. The van der Waals surface area contributed by atoms with E-state index in [4.69, 9.17) is 0 Å². The lowest BCUT2D eigenvalue weighted by molar-refractivity contribution is -0.143. The summed E-state index contributed by atoms with van der Waals surface area (Å²) in [6, 6.07) is 0.984. The van der Waals surface area contributed by atoms with Gasteiger partial charge in [0.25, 0.3) is 0 Å². The number of nitrogens with one attached hydrogen (secondary N) is 2. The maximum absolute atomic E-state index is 12.3. The highest BCUT2D eigenvalue weighted by atomic mass is 19.4. The van der Waals surface area contributed by atoms with E-state index in [1.54, 1.807) is 0 Å². The zero-order chi connectivity index (χ0) is 18.9. The molecule has 0 aromatic carbocycles. The first-order valence-electron chi connectivity index (χ1n) is 9.25. The van der Waals surface area contributed by atoms with Crippen LogP contribution < -0.4 is 10.6 Å². The first-order valence-corrected chi connectivity index (χ1v) is 9.25. The molecule has 0 saturated carbocycles. The standard InChI is InChI=1S/C17H34F3N5/c1-5-21-16(22-9-6-10-24(4)13-17(18,19)20)23-15-7-11-25(12-8-15)14(2)3/h14-15H,5-13H2,1-4H3,(H2,21,22,23). The summed E-state index contributed by atoms with van der Waals surface area (Å²) in [6.45, 7) is 9.40. The number of guanidine groups is 1. The molecule has 1 saturated heterocycles. The van der Waals surface area contributed by atoms with Crippen LogP contribution in [0.4, 0.5) is 13.2 Å². The lowest BCUT2D eigenvalue weighted by atomic mass is 10.0. The van der Waals surface area contributed by atoms with Crippen LogP contribution in [0.15, 0.2) is 4.99 Å². The molecular formula is C17H34F3N5. The largest absolute Gasteiger partial charge is 0.401 e. The summed E-state index contributed by atoms with van der Waals surface area (Å²) < 4.78 is 36.9. The third-order valence-corrected chi connectivity index (χ3v) is 4.36. The lowest BCUT2D eigenvalue weighted by Crippen LogP contribution is -2.49. The average Bonchev–Trinajstić information content (AvgIpc) is 2.50. The van der Waals surface area contributed by atoms with Crippen molar-refractivity contribution in [3.8, 4) is 0 Å². The highest BCUT2D eigenvalue weighted by molar-refractivity contribution is 5.80. The van der Waals surface area contributed by atoms with E-state index in [0.29, 0.717) is 31.6 Å². The highest BCUT2D eigenvalue weighted by Gasteiger charge is 2.28. The van der Waals surface area contributed by atoms with Crippen LogP contribution in [0.5, 0.6) is 0 Å². The maximum atomic E-state index is 12.3. The molecule has 1 aliphatic rings. The van der Waals surface area contributed by atoms with E-state index in [1.807, 2.05) is 6.92 Å². The Morgan fingerprint density at radius 3 is 2.44 bits per heavy atom. The lowest BCUT2D eigenvalue weighted by Gasteiger charge is -2.35. The topological polar surface area (TPSA) is 42.9 Å². The van der Waals surface area contributed by atoms with E-state index in [2.05, 4.69) is 34.4 Å². The third-order valence-electron chi connectivity index (χ3n) is 4.36. The van der Waals surface area contributed by atoms with E-state index in [1.165, 1.54) is 11.9 Å². The van der Waals surface area contributed by atoms with Gasteiger partial charge in [-0.3, -0.25) is 9.89 Å². The molecule has 0 amide bonds. The molecule has 2 N–H and O–H groups in total. The molecule has 148 valence electrons. The van der Waals surface area contributed by atoms with Gasteiger partial charge in [0, 0.05) is 38.3 Å². The fraction of sp³-hybridized carbons (Fsp3) is 0.941. The molecule has 0 bridgehead atoms. The van der Waals surface area contributed by atoms with Crippen molar-refractivity contribution < 1.29 is 13.2 Å². The number of piperidine rings is 1. The van der Waals surface area contributed by atoms with Crippen molar-refractivity contribution in [1.82, 2.24) is 20.4 Å². The highest BCUT2D eigenvalue weighted by Crippen LogP contribution is 2.15. The van der Waals surface area contributed by atoms with E-state index in [-0.39, 0.29) is 0 Å². The second-order valence-electron chi connectivity index (χ2n) is 7.02. The molecule has 8 heteroatoms. The first kappa shape index (κ1) is 22.0. The third kappa shape index (κ3) is 9.89. The molecule has 1 fully saturated rings. The molecule has 0 spiro atoms. The second-order valence-corrected chi connectivity index (χ2v) is 7.02. The van der Waals surface area contributed by atoms with E-state index in [0.717, 1.165) is 38.4 Å². The smallest absolute Gasteiger partial charge is 0.357 e. The minimum Gasteiger partial charge on any atom is -0.357 e. The molecule has 1 aliphatic heterocycles. The van der Waals surface area contributed by atoms with Crippen LogP contribution in [0.25, 0.3) is 0 Å². The number of halogens is 3. The monoisotopic (exact) mass is 365 g/mol. The fourth-order valence-electron chi connectivity index (χ4n) is 2.99. The molecule has 1 rings (SSSR count). The van der Waals surface area contributed by atoms with Crippen molar-refractivity contribution in [2.45, 2.75) is 58.3 Å². The van der Waals surface area contributed by atoms with Crippen molar-refractivity contribution in [2.75, 3.05) is 46.3 Å². The second kappa shape index (κ2) is 10.9. The Kier molecular flexibility index (Phi) is 9.56. The van der Waals surface area contributed by atoms with Gasteiger partial charge in [-0.05, 0) is 53.6 Å². The van der Waals surface area contributed by atoms with Crippen LogP contribution in [0, 0.1) is 0 Å². The molecule has 0 aliphatic carbocycles. The minimum atomic E-state index is -4.14. The summed E-state index contributed by atoms with van der Waals surface area (Å²) in [5, 5.41) is 6.68. The van der Waals surface area contributed by atoms with Gasteiger partial charge in [-0.2, -0.15) is 13.2 Å². The van der Waals surface area contributed by atoms with Crippen LogP contribution in [-0.2, 0) is 0 Å². The van der Waals surface area contributed by atoms with E-state index < -0.39 is 12.7 Å². The van der Waals surface area contributed by atoms with Crippen LogP contribution in [-0.4, -0.2) is 80.3 Å². The summed E-state index contributed by atoms with van der Waals surface area (Å²) in [5.74, 6) is 0.768. The normalized spacial score (nSPS) is 18.2. The summed E-state index contributed by atoms with van der Waals surface area (Å²) in [6.07, 6.45) is -1.37. The molecular weight excluding hydrogens is 331 g/mol. The molecule has 0 atom stereocenters. The van der Waals surface area contributed by atoms with Crippen molar-refractivity contribution in [3.63, 3.8) is 0 Å². The van der Waals surface area contributed by atoms with Gasteiger partial charge in [-0.25, -0.2) is 0 Å². The number of hydrogen-bond acceptors (Lipinski definition) is 3. The Balaban J connectivity index is 2.34. The number of hydrogen-bond donors (Lipinski definition) is 2. The molecule has 5 nitrogen and oxygen atoms in total. The number of alkyl halides is 3. The zero-order valence-electron chi connectivity index (χ0n) is 16.0. The summed E-state index contributed by atoms with van der Waals surface area (Å²) in [5.41, 5.74) is 0. The quantitative estimate of drug-likeness (QED) is 0.394. The zero-order valence-corrected chi connectivity index (χ0v) is 16.0. The minimum absolute atomic E-state index is 0.384. The molecule has 0 aromatic rings. The van der Waals surface area contributed by atoms with E-state index in [9.17, 15) is 13.2 Å². The summed E-state index contributed by atoms with van der Waals surface area (Å²) in [4.78, 5) is 8.26. The van der Waals surface area contributed by atoms with E-state index >= 15 is 0 Å². The van der Waals surface area contributed by atoms with Gasteiger partial charge in [0.15, 0.2) is 5.96 Å². The Bertz CT molecular complexity index is 390. The number of nitrogens with zero attached hydrogens (tertiary/aromatic N) is 3. The van der Waals surface area contributed by atoms with Gasteiger partial charge in [0.1, 0.15) is 0 Å². The number of aliphatic imine (C=N–C) groups is 1. The Morgan fingerprint density at radius 1 is 1.28 bits per heavy atom. The molecule has 0 unspecified atom stereocenters. The molecule has 25 heavy (non-hydrogen) atoms. The fourth-order valence-corrected chi connectivity index (χ4v) is 2.99. The Labute approximate surface area is 150 Å². The van der Waals surface area contributed by atoms with Crippen molar-refractivity contribution >= 4 is 5.96 Å². The van der Waals surface area contributed by atoms with Gasteiger partial charge >= 0.3 is 6.18 Å². The van der Waals surface area contributed by atoms with Crippen LogP contribution >= 0.6 is 0 Å². The first-order chi connectivity index (χ1) is 11.7. The predicted octanol–water partition coefficient (Wildman–Crippen LogP) is 2.30. The molecule has 0 radical (unpaired) electrons. The van der Waals surface area contributed by atoms with Gasteiger partial charge in [-0.1, -0.05) is 0 Å². The SMILES string of the molecule is CCNC(=NCCCN(C)CC(F)(F)F)NC1CCN(C(C)C)CC1. The van der Waals surface area contributed by atoms with Crippen LogP contribution in [0.2, 0.25) is 0 Å². The average molecular weight is 365 g/mol. The van der Waals surface area contributed by atoms with Gasteiger partial charge < -0.3 is 15.5 Å². The Morgan fingerprint density at radius 2 is 1.92 bits per heavy atom. The molecule has 1 heterocycles.